The highest BCUT2D eigenvalue weighted by Gasteiger charge is 2.25. The van der Waals surface area contributed by atoms with E-state index in [1.54, 1.807) is 24.3 Å². The van der Waals surface area contributed by atoms with Crippen LogP contribution in [0.3, 0.4) is 0 Å². The second-order valence-corrected chi connectivity index (χ2v) is 7.29. The third kappa shape index (κ3) is 6.09. The lowest BCUT2D eigenvalue weighted by Gasteiger charge is -2.13. The Labute approximate surface area is 154 Å². The van der Waals surface area contributed by atoms with Crippen LogP contribution in [-0.2, 0) is 31.7 Å². The Hall–Kier alpha value is -2.51. The summed E-state index contributed by atoms with van der Waals surface area (Å²) in [6.07, 6.45) is 0.141. The van der Waals surface area contributed by atoms with Gasteiger partial charge >= 0.3 is 5.97 Å². The quantitative estimate of drug-likeness (QED) is 0.658. The zero-order valence-corrected chi connectivity index (χ0v) is 15.2. The number of anilines is 1. The largest absolute Gasteiger partial charge is 0.480 e. The Morgan fingerprint density at radius 3 is 2.35 bits per heavy atom. The summed E-state index contributed by atoms with van der Waals surface area (Å²) in [4.78, 5) is 22.9. The van der Waals surface area contributed by atoms with Crippen LogP contribution in [0.1, 0.15) is 18.9 Å². The van der Waals surface area contributed by atoms with Crippen LogP contribution < -0.4 is 5.32 Å². The molecule has 138 valence electrons. The fraction of sp³-hybridized carbons (Fsp3) is 0.263. The van der Waals surface area contributed by atoms with Gasteiger partial charge in [0.1, 0.15) is 5.25 Å². The highest BCUT2D eigenvalue weighted by molar-refractivity contribution is 7.86. The lowest BCUT2D eigenvalue weighted by molar-refractivity contribution is -0.136. The summed E-state index contributed by atoms with van der Waals surface area (Å²) in [6, 6.07) is 15.9. The molecule has 1 amide bonds. The Morgan fingerprint density at radius 2 is 1.77 bits per heavy atom. The van der Waals surface area contributed by atoms with Crippen LogP contribution in [0, 0.1) is 0 Å². The molecule has 2 rings (SSSR count). The smallest absolute Gasteiger partial charge is 0.319 e. The predicted octanol–water partition coefficient (Wildman–Crippen LogP) is 2.81. The van der Waals surface area contributed by atoms with Gasteiger partial charge < -0.3 is 15.2 Å². The molecule has 0 aliphatic heterocycles. The van der Waals surface area contributed by atoms with E-state index in [9.17, 15) is 18.9 Å². The lowest BCUT2D eigenvalue weighted by Crippen LogP contribution is -2.27. The van der Waals surface area contributed by atoms with Crippen molar-refractivity contribution in [3.8, 4) is 0 Å². The van der Waals surface area contributed by atoms with Gasteiger partial charge in [-0.15, -0.1) is 0 Å². The summed E-state index contributed by atoms with van der Waals surface area (Å²) < 4.78 is 18.1. The maximum atomic E-state index is 12.6. The lowest BCUT2D eigenvalue weighted by atomic mass is 10.2. The van der Waals surface area contributed by atoms with E-state index in [1.165, 1.54) is 6.92 Å². The number of carbonyl (C=O) groups excluding carboxylic acids is 1. The van der Waals surface area contributed by atoms with Gasteiger partial charge in [-0.1, -0.05) is 30.3 Å². The third-order valence-corrected chi connectivity index (χ3v) is 5.27. The summed E-state index contributed by atoms with van der Waals surface area (Å²) in [6.45, 7) is 1.97. The standard InChI is InChI=1S/C19H21NO5S/c1-14(21)20-16-7-9-17(10-8-16)26(24)18(19(22)23)11-12-25-13-15-5-3-2-4-6-15/h2-10,18H,11-13H2,1H3,(H,20,21)(H,22,23). The van der Waals surface area contributed by atoms with Crippen molar-refractivity contribution in [2.45, 2.75) is 30.1 Å². The van der Waals surface area contributed by atoms with Crippen LogP contribution in [0.2, 0.25) is 0 Å². The number of carbonyl (C=O) groups is 2. The van der Waals surface area contributed by atoms with Crippen molar-refractivity contribution in [2.75, 3.05) is 11.9 Å². The summed E-state index contributed by atoms with van der Waals surface area (Å²) in [5, 5.41) is 10.9. The average Bonchev–Trinajstić information content (AvgIpc) is 2.62. The van der Waals surface area contributed by atoms with E-state index in [4.69, 9.17) is 4.74 Å². The molecule has 2 aromatic rings. The molecule has 0 aromatic heterocycles. The van der Waals surface area contributed by atoms with Gasteiger partial charge in [-0.3, -0.25) is 13.8 Å². The Balaban J connectivity index is 1.92. The highest BCUT2D eigenvalue weighted by Crippen LogP contribution is 2.18. The van der Waals surface area contributed by atoms with Crippen LogP contribution in [-0.4, -0.2) is 33.0 Å². The molecular formula is C19H21NO5S. The second-order valence-electron chi connectivity index (χ2n) is 5.66. The molecular weight excluding hydrogens is 354 g/mol. The van der Waals surface area contributed by atoms with Gasteiger partial charge in [0.15, 0.2) is 0 Å². The van der Waals surface area contributed by atoms with Gasteiger partial charge in [0.25, 0.3) is 0 Å². The molecule has 2 aromatic carbocycles. The number of carboxylic acids is 1. The van der Waals surface area contributed by atoms with Crippen LogP contribution in [0.4, 0.5) is 5.69 Å². The second kappa shape index (κ2) is 9.84. The monoisotopic (exact) mass is 375 g/mol. The zero-order valence-electron chi connectivity index (χ0n) is 14.4. The molecule has 6 nitrogen and oxygen atoms in total. The number of carboxylic acid groups (broad SMARTS) is 1. The van der Waals surface area contributed by atoms with Gasteiger partial charge in [-0.25, -0.2) is 0 Å². The van der Waals surface area contributed by atoms with Gasteiger partial charge in [0.2, 0.25) is 5.91 Å². The summed E-state index contributed by atoms with van der Waals surface area (Å²) >= 11 is 0. The zero-order chi connectivity index (χ0) is 18.9. The maximum absolute atomic E-state index is 12.6. The molecule has 0 bridgehead atoms. The number of amides is 1. The summed E-state index contributed by atoms with van der Waals surface area (Å²) in [5.74, 6) is -1.34. The summed E-state index contributed by atoms with van der Waals surface area (Å²) in [7, 11) is -1.71. The molecule has 26 heavy (non-hydrogen) atoms. The Kier molecular flexibility index (Phi) is 7.50. The number of ether oxygens (including phenoxy) is 1. The predicted molar refractivity (Wildman–Crippen MR) is 99.3 cm³/mol. The minimum atomic E-state index is -1.71. The first-order chi connectivity index (χ1) is 12.5. The minimum absolute atomic E-state index is 0.141. The first-order valence-corrected chi connectivity index (χ1v) is 9.31. The normalized spacial score (nSPS) is 13.0. The molecule has 2 N–H and O–H groups in total. The number of benzene rings is 2. The molecule has 0 aliphatic rings. The van der Waals surface area contributed by atoms with Gasteiger partial charge in [0, 0.05) is 24.1 Å². The number of hydrogen-bond donors (Lipinski definition) is 2. The maximum Gasteiger partial charge on any atom is 0.319 e. The van der Waals surface area contributed by atoms with E-state index in [0.29, 0.717) is 17.2 Å². The molecule has 7 heteroatoms. The SMILES string of the molecule is CC(=O)Nc1ccc(S(=O)C(CCOCc2ccccc2)C(=O)O)cc1. The molecule has 0 spiro atoms. The first-order valence-electron chi connectivity index (χ1n) is 8.10. The molecule has 2 atom stereocenters. The minimum Gasteiger partial charge on any atom is -0.480 e. The average molecular weight is 375 g/mol. The van der Waals surface area contributed by atoms with Crippen molar-refractivity contribution in [3.05, 3.63) is 60.2 Å². The van der Waals surface area contributed by atoms with E-state index in [1.807, 2.05) is 30.3 Å². The van der Waals surface area contributed by atoms with Crippen LogP contribution >= 0.6 is 0 Å². The molecule has 0 aliphatic carbocycles. The molecule has 0 saturated heterocycles. The topological polar surface area (TPSA) is 92.7 Å². The van der Waals surface area contributed by atoms with E-state index in [-0.39, 0.29) is 18.9 Å². The van der Waals surface area contributed by atoms with Crippen molar-refractivity contribution >= 4 is 28.4 Å². The van der Waals surface area contributed by atoms with Gasteiger partial charge in [-0.2, -0.15) is 0 Å². The van der Waals surface area contributed by atoms with Crippen LogP contribution in [0.15, 0.2) is 59.5 Å². The van der Waals surface area contributed by atoms with Gasteiger partial charge in [0.05, 0.1) is 17.4 Å². The van der Waals surface area contributed by atoms with Crippen molar-refractivity contribution in [1.29, 1.82) is 0 Å². The molecule has 0 radical (unpaired) electrons. The van der Waals surface area contributed by atoms with Crippen molar-refractivity contribution in [2.24, 2.45) is 0 Å². The Morgan fingerprint density at radius 1 is 1.12 bits per heavy atom. The van der Waals surface area contributed by atoms with Crippen molar-refractivity contribution in [1.82, 2.24) is 0 Å². The van der Waals surface area contributed by atoms with E-state index >= 15 is 0 Å². The van der Waals surface area contributed by atoms with Crippen LogP contribution in [0.5, 0.6) is 0 Å². The Bertz CT molecular complexity index is 761. The number of hydrogen-bond acceptors (Lipinski definition) is 4. The molecule has 0 fully saturated rings. The van der Waals surface area contributed by atoms with Crippen LogP contribution in [0.25, 0.3) is 0 Å². The number of rotatable bonds is 9. The number of aliphatic carboxylic acids is 1. The van der Waals surface area contributed by atoms with Crippen molar-refractivity contribution < 1.29 is 23.6 Å². The number of nitrogens with one attached hydrogen (secondary N) is 1. The van der Waals surface area contributed by atoms with Crippen molar-refractivity contribution in [3.63, 3.8) is 0 Å². The summed E-state index contributed by atoms with van der Waals surface area (Å²) in [5.41, 5.74) is 1.56. The fourth-order valence-corrected chi connectivity index (χ4v) is 3.54. The first kappa shape index (κ1) is 19.8. The van der Waals surface area contributed by atoms with E-state index < -0.39 is 22.0 Å². The molecule has 2 unspecified atom stereocenters. The third-order valence-electron chi connectivity index (χ3n) is 3.58. The highest BCUT2D eigenvalue weighted by atomic mass is 32.2. The van der Waals surface area contributed by atoms with Gasteiger partial charge in [-0.05, 0) is 36.2 Å². The fourth-order valence-electron chi connectivity index (χ4n) is 2.32. The molecule has 0 heterocycles. The van der Waals surface area contributed by atoms with E-state index in [0.717, 1.165) is 5.56 Å². The van der Waals surface area contributed by atoms with E-state index in [2.05, 4.69) is 5.32 Å². The molecule has 0 saturated carbocycles.